The second kappa shape index (κ2) is 5.68. The minimum atomic E-state index is -4.38. The third-order valence-electron chi connectivity index (χ3n) is 3.67. The van der Waals surface area contributed by atoms with Gasteiger partial charge in [0.15, 0.2) is 0 Å². The molecule has 0 saturated carbocycles. The predicted octanol–water partition coefficient (Wildman–Crippen LogP) is 3.31. The summed E-state index contributed by atoms with van der Waals surface area (Å²) in [5, 5.41) is -0.154. The lowest BCUT2D eigenvalue weighted by molar-refractivity contribution is -0.137. The maximum Gasteiger partial charge on any atom is 0.416 e. The topological polar surface area (TPSA) is 53.2 Å². The molecule has 9 heteroatoms. The van der Waals surface area contributed by atoms with Crippen LogP contribution in [0.1, 0.15) is 26.4 Å². The van der Waals surface area contributed by atoms with Crippen LogP contribution < -0.4 is 5.56 Å². The van der Waals surface area contributed by atoms with Crippen LogP contribution in [0.4, 0.5) is 13.2 Å². The Labute approximate surface area is 137 Å². The van der Waals surface area contributed by atoms with Gasteiger partial charge in [-0.3, -0.25) is 14.0 Å². The Morgan fingerprint density at radius 2 is 2.04 bits per heavy atom. The Kier molecular flexibility index (Phi) is 3.97. The molecule has 1 aromatic heterocycles. The molecular formula is C14H10ClF3N2O2S. The Bertz CT molecular complexity index is 828. The Balaban J connectivity index is 1.85. The molecular weight excluding hydrogens is 353 g/mol. The smallest absolute Gasteiger partial charge is 0.333 e. The van der Waals surface area contributed by atoms with Crippen molar-refractivity contribution >= 4 is 29.0 Å². The minimum absolute atomic E-state index is 0.118. The minimum Gasteiger partial charge on any atom is -0.333 e. The summed E-state index contributed by atoms with van der Waals surface area (Å²) >= 11 is 6.64. The van der Waals surface area contributed by atoms with E-state index in [4.69, 9.17) is 11.6 Å². The Morgan fingerprint density at radius 3 is 2.65 bits per heavy atom. The molecule has 1 N–H and O–H groups in total. The molecule has 1 aliphatic rings. The molecule has 2 aromatic rings. The molecule has 0 atom stereocenters. The van der Waals surface area contributed by atoms with Crippen molar-refractivity contribution in [3.8, 4) is 0 Å². The zero-order valence-electron chi connectivity index (χ0n) is 11.5. The second-order valence-corrected chi connectivity index (χ2v) is 6.33. The summed E-state index contributed by atoms with van der Waals surface area (Å²) in [7, 11) is 0. The summed E-state index contributed by atoms with van der Waals surface area (Å²) in [6, 6.07) is 3.52. The van der Waals surface area contributed by atoms with Gasteiger partial charge in [0, 0.05) is 13.1 Å². The number of aromatic nitrogens is 1. The fraction of sp³-hybridized carbons (Fsp3) is 0.286. The van der Waals surface area contributed by atoms with Gasteiger partial charge in [0.05, 0.1) is 5.56 Å². The standard InChI is InChI=1S/C14H10ClF3N2O2S/c15-10-11(23-19-12(10)21)13(22)20-4-3-7-5-9(14(16,17)18)2-1-8(7)6-20/h1-2,5H,3-4,6H2,(H,19,21). The van der Waals surface area contributed by atoms with Crippen LogP contribution in [0, 0.1) is 0 Å². The summed E-state index contributed by atoms with van der Waals surface area (Å²) in [6.07, 6.45) is -4.06. The predicted molar refractivity (Wildman–Crippen MR) is 79.8 cm³/mol. The van der Waals surface area contributed by atoms with E-state index in [1.54, 1.807) is 0 Å². The number of nitrogens with one attached hydrogen (secondary N) is 1. The van der Waals surface area contributed by atoms with E-state index in [1.165, 1.54) is 11.0 Å². The van der Waals surface area contributed by atoms with Gasteiger partial charge in [-0.25, -0.2) is 0 Å². The number of rotatable bonds is 1. The van der Waals surface area contributed by atoms with Crippen molar-refractivity contribution in [3.63, 3.8) is 0 Å². The van der Waals surface area contributed by atoms with E-state index in [0.29, 0.717) is 17.5 Å². The zero-order valence-corrected chi connectivity index (χ0v) is 13.1. The number of nitrogens with zero attached hydrogens (tertiary/aromatic N) is 1. The number of H-pyrrole nitrogens is 1. The van der Waals surface area contributed by atoms with E-state index in [-0.39, 0.29) is 23.0 Å². The van der Waals surface area contributed by atoms with Crippen LogP contribution in [0.5, 0.6) is 0 Å². The van der Waals surface area contributed by atoms with Crippen LogP contribution in [-0.4, -0.2) is 21.7 Å². The highest BCUT2D eigenvalue weighted by molar-refractivity contribution is 7.08. The molecule has 0 radical (unpaired) electrons. The Morgan fingerprint density at radius 1 is 1.30 bits per heavy atom. The van der Waals surface area contributed by atoms with Crippen LogP contribution in [-0.2, 0) is 19.1 Å². The van der Waals surface area contributed by atoms with Gasteiger partial charge < -0.3 is 4.90 Å². The second-order valence-electron chi connectivity index (χ2n) is 5.13. The highest BCUT2D eigenvalue weighted by Crippen LogP contribution is 2.32. The quantitative estimate of drug-likeness (QED) is 0.846. The number of aromatic amines is 1. The largest absolute Gasteiger partial charge is 0.416 e. The van der Waals surface area contributed by atoms with Crippen molar-refractivity contribution in [2.24, 2.45) is 0 Å². The van der Waals surface area contributed by atoms with Crippen LogP contribution in [0.25, 0.3) is 0 Å². The van der Waals surface area contributed by atoms with E-state index in [1.807, 2.05) is 0 Å². The number of hydrogen-bond donors (Lipinski definition) is 1. The van der Waals surface area contributed by atoms with Gasteiger partial charge in [0.2, 0.25) is 0 Å². The van der Waals surface area contributed by atoms with Crippen molar-refractivity contribution in [1.29, 1.82) is 0 Å². The number of fused-ring (bicyclic) bond motifs is 1. The van der Waals surface area contributed by atoms with Gasteiger partial charge in [-0.15, -0.1) is 0 Å². The molecule has 122 valence electrons. The summed E-state index contributed by atoms with van der Waals surface area (Å²) in [5.41, 5.74) is 0.0315. The monoisotopic (exact) mass is 362 g/mol. The molecule has 0 spiro atoms. The highest BCUT2D eigenvalue weighted by atomic mass is 35.5. The number of halogens is 4. The molecule has 23 heavy (non-hydrogen) atoms. The van der Waals surface area contributed by atoms with Gasteiger partial charge in [-0.05, 0) is 29.7 Å². The van der Waals surface area contributed by atoms with Crippen LogP contribution in [0.15, 0.2) is 23.0 Å². The third kappa shape index (κ3) is 3.00. The molecule has 0 fully saturated rings. The number of hydrogen-bond acceptors (Lipinski definition) is 3. The number of benzene rings is 1. The number of carbonyl (C=O) groups is 1. The van der Waals surface area contributed by atoms with Gasteiger partial charge in [0.25, 0.3) is 11.5 Å². The van der Waals surface area contributed by atoms with Crippen LogP contribution >= 0.6 is 23.1 Å². The van der Waals surface area contributed by atoms with Crippen molar-refractivity contribution in [2.45, 2.75) is 19.1 Å². The Hall–Kier alpha value is -1.80. The molecule has 0 bridgehead atoms. The van der Waals surface area contributed by atoms with Crippen LogP contribution in [0.2, 0.25) is 5.02 Å². The lowest BCUT2D eigenvalue weighted by atomic mass is 9.97. The summed E-state index contributed by atoms with van der Waals surface area (Å²) < 4.78 is 40.5. The van der Waals surface area contributed by atoms with E-state index in [9.17, 15) is 22.8 Å². The normalized spacial score (nSPS) is 14.7. The molecule has 0 aliphatic carbocycles. The van der Waals surface area contributed by atoms with E-state index < -0.39 is 23.2 Å². The SMILES string of the molecule is O=C(c1s[nH]c(=O)c1Cl)N1CCc2cc(C(F)(F)F)ccc2C1. The number of alkyl halides is 3. The summed E-state index contributed by atoms with van der Waals surface area (Å²) in [6.45, 7) is 0.463. The summed E-state index contributed by atoms with van der Waals surface area (Å²) in [5.74, 6) is -0.399. The summed E-state index contributed by atoms with van der Waals surface area (Å²) in [4.78, 5) is 25.3. The first kappa shape index (κ1) is 16.1. The number of carbonyl (C=O) groups excluding carboxylic acids is 1. The van der Waals surface area contributed by atoms with Gasteiger partial charge in [-0.2, -0.15) is 13.2 Å². The fourth-order valence-corrected chi connectivity index (χ4v) is 3.47. The van der Waals surface area contributed by atoms with E-state index in [2.05, 4.69) is 4.37 Å². The number of amides is 1. The van der Waals surface area contributed by atoms with Crippen molar-refractivity contribution in [3.05, 3.63) is 55.1 Å². The molecule has 0 saturated heterocycles. The van der Waals surface area contributed by atoms with E-state index in [0.717, 1.165) is 23.7 Å². The maximum atomic E-state index is 12.7. The third-order valence-corrected chi connectivity index (χ3v) is 5.01. The molecule has 1 amide bonds. The lowest BCUT2D eigenvalue weighted by Crippen LogP contribution is -2.36. The van der Waals surface area contributed by atoms with Crippen molar-refractivity contribution < 1.29 is 18.0 Å². The lowest BCUT2D eigenvalue weighted by Gasteiger charge is -2.29. The first-order valence-electron chi connectivity index (χ1n) is 6.62. The maximum absolute atomic E-state index is 12.7. The van der Waals surface area contributed by atoms with Gasteiger partial charge in [-0.1, -0.05) is 29.2 Å². The molecule has 1 aliphatic heterocycles. The van der Waals surface area contributed by atoms with Gasteiger partial charge in [0.1, 0.15) is 9.90 Å². The van der Waals surface area contributed by atoms with Crippen molar-refractivity contribution in [2.75, 3.05) is 6.54 Å². The average Bonchev–Trinajstić information content (AvgIpc) is 2.84. The first-order valence-corrected chi connectivity index (χ1v) is 7.82. The van der Waals surface area contributed by atoms with E-state index >= 15 is 0 Å². The average molecular weight is 363 g/mol. The molecule has 3 rings (SSSR count). The van der Waals surface area contributed by atoms with Gasteiger partial charge >= 0.3 is 6.18 Å². The molecule has 2 heterocycles. The fourth-order valence-electron chi connectivity index (χ4n) is 2.47. The molecule has 4 nitrogen and oxygen atoms in total. The van der Waals surface area contributed by atoms with Crippen molar-refractivity contribution in [1.82, 2.24) is 9.27 Å². The zero-order chi connectivity index (χ0) is 16.8. The molecule has 1 aromatic carbocycles. The van der Waals surface area contributed by atoms with Crippen LogP contribution in [0.3, 0.4) is 0 Å². The first-order chi connectivity index (χ1) is 10.8. The molecule has 0 unspecified atom stereocenters. The highest BCUT2D eigenvalue weighted by Gasteiger charge is 2.32.